The van der Waals surface area contributed by atoms with E-state index in [0.717, 1.165) is 11.4 Å². The molecule has 0 N–H and O–H groups in total. The minimum absolute atomic E-state index is 0.105. The van der Waals surface area contributed by atoms with E-state index in [-0.39, 0.29) is 17.8 Å². The van der Waals surface area contributed by atoms with E-state index in [1.807, 2.05) is 25.2 Å². The fraction of sp³-hybridized carbons (Fsp3) is 0.273. The zero-order valence-corrected chi connectivity index (χ0v) is 15.9. The first-order valence-electron chi connectivity index (χ1n) is 8.67. The summed E-state index contributed by atoms with van der Waals surface area (Å²) in [4.78, 5) is 14.6. The molecule has 0 aliphatic carbocycles. The van der Waals surface area contributed by atoms with Crippen molar-refractivity contribution in [3.8, 4) is 17.6 Å². The first kappa shape index (κ1) is 18.5. The number of nitrogens with zero attached hydrogens (tertiary/aromatic N) is 2. The lowest BCUT2D eigenvalue weighted by Crippen LogP contribution is -2.25. The molecule has 0 unspecified atom stereocenters. The molecule has 0 fully saturated rings. The summed E-state index contributed by atoms with van der Waals surface area (Å²) in [5.41, 5.74) is 3.45. The van der Waals surface area contributed by atoms with Crippen molar-refractivity contribution in [2.75, 3.05) is 25.7 Å². The fourth-order valence-corrected chi connectivity index (χ4v) is 3.46. The van der Waals surface area contributed by atoms with Gasteiger partial charge in [-0.15, -0.1) is 0 Å². The van der Waals surface area contributed by atoms with Crippen LogP contribution in [-0.4, -0.2) is 26.5 Å². The minimum Gasteiger partial charge on any atom is -0.493 e. The predicted octanol–water partition coefficient (Wildman–Crippen LogP) is 3.83. The lowest BCUT2D eigenvalue weighted by Gasteiger charge is -2.24. The summed E-state index contributed by atoms with van der Waals surface area (Å²) in [6.07, 6.45) is 1.65. The van der Waals surface area contributed by atoms with Gasteiger partial charge in [0.1, 0.15) is 0 Å². The van der Waals surface area contributed by atoms with Gasteiger partial charge in [0.15, 0.2) is 23.9 Å². The van der Waals surface area contributed by atoms with Crippen molar-refractivity contribution in [1.29, 1.82) is 5.26 Å². The maximum Gasteiger partial charge on any atom is 0.194 e. The van der Waals surface area contributed by atoms with Crippen LogP contribution in [0.2, 0.25) is 0 Å². The lowest BCUT2D eigenvalue weighted by atomic mass is 9.83. The first-order chi connectivity index (χ1) is 12.9. The Kier molecular flexibility index (Phi) is 4.91. The highest BCUT2D eigenvalue weighted by atomic mass is 16.5. The quantitative estimate of drug-likeness (QED) is 0.757. The van der Waals surface area contributed by atoms with Gasteiger partial charge in [0.05, 0.1) is 18.7 Å². The maximum atomic E-state index is 12.6. The second-order valence-electron chi connectivity index (χ2n) is 6.96. The Labute approximate surface area is 159 Å². The van der Waals surface area contributed by atoms with Crippen molar-refractivity contribution in [2.24, 2.45) is 0 Å². The van der Waals surface area contributed by atoms with Crippen molar-refractivity contribution in [2.45, 2.75) is 19.3 Å². The van der Waals surface area contributed by atoms with Crippen LogP contribution in [-0.2, 0) is 10.2 Å². The van der Waals surface area contributed by atoms with Crippen molar-refractivity contribution >= 4 is 11.5 Å². The van der Waals surface area contributed by atoms with Gasteiger partial charge in [-0.1, -0.05) is 32.0 Å². The molecule has 1 heterocycles. The van der Waals surface area contributed by atoms with Crippen LogP contribution in [0.25, 0.3) is 0 Å². The second kappa shape index (κ2) is 7.16. The molecule has 3 rings (SSSR count). The van der Waals surface area contributed by atoms with Gasteiger partial charge in [0, 0.05) is 36.0 Å². The van der Waals surface area contributed by atoms with Crippen LogP contribution < -0.4 is 14.4 Å². The molecule has 2 aromatic carbocycles. The van der Waals surface area contributed by atoms with Crippen LogP contribution in [0.3, 0.4) is 0 Å². The molecule has 5 heteroatoms. The largest absolute Gasteiger partial charge is 0.493 e. The average molecular weight is 362 g/mol. The number of hydrogen-bond acceptors (Lipinski definition) is 5. The predicted molar refractivity (Wildman–Crippen MR) is 104 cm³/mol. The molecular formula is C22H22N2O3. The van der Waals surface area contributed by atoms with E-state index in [4.69, 9.17) is 14.7 Å². The molecule has 0 saturated carbocycles. The van der Waals surface area contributed by atoms with Crippen LogP contribution >= 0.6 is 0 Å². The molecule has 0 spiro atoms. The number of benzene rings is 2. The monoisotopic (exact) mass is 362 g/mol. The van der Waals surface area contributed by atoms with Gasteiger partial charge in [-0.05, 0) is 23.8 Å². The SMILES string of the molecule is COc1cc(C#N)ccc1OCC(=O)/C=C1/N(C)c2ccccc2C1(C)C. The summed E-state index contributed by atoms with van der Waals surface area (Å²) in [6, 6.07) is 15.1. The van der Waals surface area contributed by atoms with Gasteiger partial charge in [-0.3, -0.25) is 4.79 Å². The standard InChI is InChI=1S/C22H22N2O3/c1-22(2)17-7-5-6-8-18(17)24(3)21(22)12-16(25)14-27-19-10-9-15(13-23)11-20(19)26-4/h5-12H,14H2,1-4H3/b21-12+. The van der Waals surface area contributed by atoms with Crippen molar-refractivity contribution in [3.63, 3.8) is 0 Å². The number of likely N-dealkylation sites (N-methyl/N-ethyl adjacent to an activating group) is 1. The number of para-hydroxylation sites is 1. The zero-order chi connectivity index (χ0) is 19.6. The third-order valence-electron chi connectivity index (χ3n) is 4.90. The summed E-state index contributed by atoms with van der Waals surface area (Å²) in [7, 11) is 3.47. The number of hydrogen-bond donors (Lipinski definition) is 0. The van der Waals surface area contributed by atoms with Gasteiger partial charge in [0.25, 0.3) is 0 Å². The molecule has 1 aliphatic heterocycles. The minimum atomic E-state index is -0.257. The molecular weight excluding hydrogens is 340 g/mol. The van der Waals surface area contributed by atoms with E-state index in [9.17, 15) is 4.79 Å². The zero-order valence-electron chi connectivity index (χ0n) is 15.9. The molecule has 1 aliphatic rings. The third-order valence-corrected chi connectivity index (χ3v) is 4.90. The molecule has 0 saturated heterocycles. The van der Waals surface area contributed by atoms with Crippen LogP contribution in [0.1, 0.15) is 25.0 Å². The molecule has 0 radical (unpaired) electrons. The molecule has 0 aromatic heterocycles. The Morgan fingerprint density at radius 3 is 2.63 bits per heavy atom. The average Bonchev–Trinajstić information content (AvgIpc) is 2.87. The van der Waals surface area contributed by atoms with Crippen LogP contribution in [0.5, 0.6) is 11.5 Å². The Hall–Kier alpha value is -3.26. The maximum absolute atomic E-state index is 12.6. The van der Waals surface area contributed by atoms with Gasteiger partial charge < -0.3 is 14.4 Å². The van der Waals surface area contributed by atoms with E-state index < -0.39 is 0 Å². The molecule has 0 bridgehead atoms. The van der Waals surface area contributed by atoms with Gasteiger partial charge in [-0.25, -0.2) is 0 Å². The highest BCUT2D eigenvalue weighted by molar-refractivity contribution is 5.93. The summed E-state index contributed by atoms with van der Waals surface area (Å²) in [6.45, 7) is 4.11. The van der Waals surface area contributed by atoms with E-state index in [1.54, 1.807) is 24.3 Å². The molecule has 5 nitrogen and oxygen atoms in total. The summed E-state index contributed by atoms with van der Waals surface area (Å²) in [5, 5.41) is 8.96. The Morgan fingerprint density at radius 2 is 1.96 bits per heavy atom. The summed E-state index contributed by atoms with van der Waals surface area (Å²) in [5.74, 6) is 0.731. The number of ether oxygens (including phenoxy) is 2. The summed E-state index contributed by atoms with van der Waals surface area (Å²) >= 11 is 0. The number of carbonyl (C=O) groups is 1. The van der Waals surface area contributed by atoms with Crippen LogP contribution in [0.15, 0.2) is 54.2 Å². The number of allylic oxidation sites excluding steroid dienone is 1. The van der Waals surface area contributed by atoms with Gasteiger partial charge >= 0.3 is 0 Å². The number of carbonyl (C=O) groups excluding carboxylic acids is 1. The molecule has 0 atom stereocenters. The molecule has 2 aromatic rings. The fourth-order valence-electron chi connectivity index (χ4n) is 3.46. The van der Waals surface area contributed by atoms with Crippen molar-refractivity contribution in [3.05, 3.63) is 65.4 Å². The van der Waals surface area contributed by atoms with Crippen molar-refractivity contribution < 1.29 is 14.3 Å². The summed E-state index contributed by atoms with van der Waals surface area (Å²) < 4.78 is 10.9. The highest BCUT2D eigenvalue weighted by Crippen LogP contribution is 2.46. The van der Waals surface area contributed by atoms with Gasteiger partial charge in [-0.2, -0.15) is 5.26 Å². The van der Waals surface area contributed by atoms with Gasteiger partial charge in [0.2, 0.25) is 0 Å². The number of fused-ring (bicyclic) bond motifs is 1. The number of nitriles is 1. The Balaban J connectivity index is 1.78. The smallest absolute Gasteiger partial charge is 0.194 e. The normalized spacial score (nSPS) is 16.0. The number of anilines is 1. The topological polar surface area (TPSA) is 62.6 Å². The number of methoxy groups -OCH3 is 1. The number of ketones is 1. The Morgan fingerprint density at radius 1 is 1.22 bits per heavy atom. The second-order valence-corrected chi connectivity index (χ2v) is 6.96. The lowest BCUT2D eigenvalue weighted by molar-refractivity contribution is -0.116. The van der Waals surface area contributed by atoms with E-state index in [0.29, 0.717) is 17.1 Å². The van der Waals surface area contributed by atoms with Crippen LogP contribution in [0.4, 0.5) is 5.69 Å². The van der Waals surface area contributed by atoms with E-state index in [2.05, 4.69) is 30.9 Å². The Bertz CT molecular complexity index is 954. The van der Waals surface area contributed by atoms with E-state index in [1.165, 1.54) is 12.7 Å². The molecule has 138 valence electrons. The van der Waals surface area contributed by atoms with Crippen LogP contribution in [0, 0.1) is 11.3 Å². The van der Waals surface area contributed by atoms with Crippen molar-refractivity contribution in [1.82, 2.24) is 0 Å². The third kappa shape index (κ3) is 3.39. The number of rotatable bonds is 5. The first-order valence-corrected chi connectivity index (χ1v) is 8.67. The molecule has 27 heavy (non-hydrogen) atoms. The van der Waals surface area contributed by atoms with E-state index >= 15 is 0 Å². The molecule has 0 amide bonds. The highest BCUT2D eigenvalue weighted by Gasteiger charge is 2.38.